The number of anilines is 1. The molecular formula is C14H14N2O3. The molecule has 0 unspecified atom stereocenters. The highest BCUT2D eigenvalue weighted by Gasteiger charge is 2.09. The number of amides is 1. The largest absolute Gasteiger partial charge is 0.495 e. The topological polar surface area (TPSA) is 60.3 Å². The van der Waals surface area contributed by atoms with E-state index in [1.54, 1.807) is 25.2 Å². The fraction of sp³-hybridized carbons (Fsp3) is 0.143. The molecule has 1 aromatic carbocycles. The predicted molar refractivity (Wildman–Crippen MR) is 72.6 cm³/mol. The van der Waals surface area contributed by atoms with Crippen LogP contribution in [0.25, 0.3) is 0 Å². The second-order valence-corrected chi connectivity index (χ2v) is 4.02. The van der Waals surface area contributed by atoms with Crippen molar-refractivity contribution < 1.29 is 9.53 Å². The Morgan fingerprint density at radius 2 is 1.95 bits per heavy atom. The Kier molecular flexibility index (Phi) is 3.66. The molecule has 5 nitrogen and oxygen atoms in total. The highest BCUT2D eigenvalue weighted by molar-refractivity contribution is 6.04. The summed E-state index contributed by atoms with van der Waals surface area (Å²) in [4.78, 5) is 23.3. The molecule has 1 N–H and O–H groups in total. The van der Waals surface area contributed by atoms with E-state index in [2.05, 4.69) is 5.32 Å². The number of rotatable bonds is 3. The summed E-state index contributed by atoms with van der Waals surface area (Å²) in [5.41, 5.74) is 0.839. The fourth-order valence-electron chi connectivity index (χ4n) is 1.67. The molecule has 1 amide bonds. The van der Waals surface area contributed by atoms with Crippen molar-refractivity contribution >= 4 is 11.6 Å². The van der Waals surface area contributed by atoms with Crippen LogP contribution in [0.4, 0.5) is 5.69 Å². The van der Waals surface area contributed by atoms with Crippen LogP contribution in [0.2, 0.25) is 0 Å². The van der Waals surface area contributed by atoms with Crippen LogP contribution in [0, 0.1) is 0 Å². The lowest BCUT2D eigenvalue weighted by Gasteiger charge is -2.10. The second kappa shape index (κ2) is 5.39. The Morgan fingerprint density at radius 1 is 1.21 bits per heavy atom. The number of nitrogens with zero attached hydrogens (tertiary/aromatic N) is 1. The molecule has 0 saturated heterocycles. The summed E-state index contributed by atoms with van der Waals surface area (Å²) in [6.45, 7) is 0. The summed E-state index contributed by atoms with van der Waals surface area (Å²) in [7, 11) is 3.14. The van der Waals surface area contributed by atoms with Gasteiger partial charge in [0.2, 0.25) is 5.56 Å². The van der Waals surface area contributed by atoms with Crippen molar-refractivity contribution in [3.05, 3.63) is 58.5 Å². The standard InChI is InChI=1S/C14H14N2O3/c1-16-9-10(7-8-13(16)17)14(18)15-11-5-3-4-6-12(11)19-2/h3-9H,1-2H3,(H,15,18). The van der Waals surface area contributed by atoms with E-state index in [0.717, 1.165) is 0 Å². The summed E-state index contributed by atoms with van der Waals surface area (Å²) in [5, 5.41) is 2.75. The van der Waals surface area contributed by atoms with Crippen molar-refractivity contribution in [3.63, 3.8) is 0 Å². The van der Waals surface area contributed by atoms with Crippen LogP contribution in [0.1, 0.15) is 10.4 Å². The normalized spacial score (nSPS) is 10.0. The minimum Gasteiger partial charge on any atom is -0.495 e. The number of carbonyl (C=O) groups excluding carboxylic acids is 1. The molecule has 19 heavy (non-hydrogen) atoms. The lowest BCUT2D eigenvalue weighted by atomic mass is 10.2. The number of para-hydroxylation sites is 2. The van der Waals surface area contributed by atoms with Crippen molar-refractivity contribution in [2.45, 2.75) is 0 Å². The van der Waals surface area contributed by atoms with Gasteiger partial charge in [0, 0.05) is 19.3 Å². The third-order valence-electron chi connectivity index (χ3n) is 2.70. The Morgan fingerprint density at radius 3 is 2.63 bits per heavy atom. The van der Waals surface area contributed by atoms with Crippen molar-refractivity contribution in [1.29, 1.82) is 0 Å². The first-order valence-corrected chi connectivity index (χ1v) is 5.73. The van der Waals surface area contributed by atoms with Crippen LogP contribution in [-0.4, -0.2) is 17.6 Å². The maximum atomic E-state index is 12.1. The van der Waals surface area contributed by atoms with Crippen molar-refractivity contribution in [2.24, 2.45) is 7.05 Å². The third-order valence-corrected chi connectivity index (χ3v) is 2.70. The van der Waals surface area contributed by atoms with Gasteiger partial charge in [-0.25, -0.2) is 0 Å². The smallest absolute Gasteiger partial charge is 0.257 e. The molecule has 1 heterocycles. The zero-order chi connectivity index (χ0) is 13.8. The van der Waals surface area contributed by atoms with E-state index in [9.17, 15) is 9.59 Å². The van der Waals surface area contributed by atoms with Gasteiger partial charge in [-0.05, 0) is 18.2 Å². The van der Waals surface area contributed by atoms with Gasteiger partial charge >= 0.3 is 0 Å². The number of ether oxygens (including phenoxy) is 1. The molecule has 1 aromatic heterocycles. The molecule has 0 spiro atoms. The number of pyridine rings is 1. The van der Waals surface area contributed by atoms with Gasteiger partial charge in [0.05, 0.1) is 18.4 Å². The molecule has 5 heteroatoms. The third kappa shape index (κ3) is 2.82. The van der Waals surface area contributed by atoms with Gasteiger partial charge in [0.25, 0.3) is 5.91 Å². The number of aromatic nitrogens is 1. The molecule has 0 aliphatic heterocycles. The van der Waals surface area contributed by atoms with Gasteiger partial charge in [-0.1, -0.05) is 12.1 Å². The van der Waals surface area contributed by atoms with E-state index in [4.69, 9.17) is 4.74 Å². The fourth-order valence-corrected chi connectivity index (χ4v) is 1.67. The number of nitrogens with one attached hydrogen (secondary N) is 1. The second-order valence-electron chi connectivity index (χ2n) is 4.02. The van der Waals surface area contributed by atoms with Gasteiger partial charge in [0.15, 0.2) is 0 Å². The molecule has 0 aliphatic rings. The summed E-state index contributed by atoms with van der Waals surface area (Å²) in [6.07, 6.45) is 1.49. The summed E-state index contributed by atoms with van der Waals surface area (Å²) < 4.78 is 6.51. The van der Waals surface area contributed by atoms with E-state index in [1.165, 1.54) is 30.0 Å². The van der Waals surface area contributed by atoms with Crippen LogP contribution in [0.3, 0.4) is 0 Å². The number of methoxy groups -OCH3 is 1. The Bertz CT molecular complexity index is 662. The zero-order valence-electron chi connectivity index (χ0n) is 10.7. The minimum atomic E-state index is -0.292. The highest BCUT2D eigenvalue weighted by Crippen LogP contribution is 2.23. The lowest BCUT2D eigenvalue weighted by Crippen LogP contribution is -2.19. The minimum absolute atomic E-state index is 0.158. The van der Waals surface area contributed by atoms with Crippen LogP contribution < -0.4 is 15.6 Å². The van der Waals surface area contributed by atoms with Gasteiger partial charge in [-0.2, -0.15) is 0 Å². The molecule has 0 aliphatic carbocycles. The number of carbonyl (C=O) groups is 1. The summed E-state index contributed by atoms with van der Waals surface area (Å²) in [5.74, 6) is 0.292. The van der Waals surface area contributed by atoms with Crippen LogP contribution >= 0.6 is 0 Å². The predicted octanol–water partition coefficient (Wildman–Crippen LogP) is 1.65. The number of hydrogen-bond donors (Lipinski definition) is 1. The molecular weight excluding hydrogens is 244 g/mol. The number of hydrogen-bond acceptors (Lipinski definition) is 3. The average Bonchev–Trinajstić information content (AvgIpc) is 2.42. The quantitative estimate of drug-likeness (QED) is 0.910. The maximum absolute atomic E-state index is 12.1. The molecule has 0 radical (unpaired) electrons. The highest BCUT2D eigenvalue weighted by atomic mass is 16.5. The van der Waals surface area contributed by atoms with Crippen molar-refractivity contribution in [3.8, 4) is 5.75 Å². The lowest BCUT2D eigenvalue weighted by molar-refractivity contribution is 0.102. The summed E-state index contributed by atoms with van der Waals surface area (Å²) in [6, 6.07) is 9.98. The molecule has 0 saturated carbocycles. The molecule has 2 aromatic rings. The maximum Gasteiger partial charge on any atom is 0.257 e. The van der Waals surface area contributed by atoms with Gasteiger partial charge in [-0.15, -0.1) is 0 Å². The zero-order valence-corrected chi connectivity index (χ0v) is 10.7. The van der Waals surface area contributed by atoms with Gasteiger partial charge in [-0.3, -0.25) is 9.59 Å². The van der Waals surface area contributed by atoms with Crippen LogP contribution in [-0.2, 0) is 7.05 Å². The Labute approximate surface area is 110 Å². The molecule has 0 bridgehead atoms. The van der Waals surface area contributed by atoms with Crippen LogP contribution in [0.15, 0.2) is 47.4 Å². The Balaban J connectivity index is 2.25. The molecule has 98 valence electrons. The van der Waals surface area contributed by atoms with E-state index in [1.807, 2.05) is 6.07 Å². The number of benzene rings is 1. The SMILES string of the molecule is COc1ccccc1NC(=O)c1ccc(=O)n(C)c1. The molecule has 2 rings (SSSR count). The van der Waals surface area contributed by atoms with Gasteiger partial charge in [0.1, 0.15) is 5.75 Å². The average molecular weight is 258 g/mol. The summed E-state index contributed by atoms with van der Waals surface area (Å²) >= 11 is 0. The first-order valence-electron chi connectivity index (χ1n) is 5.73. The van der Waals surface area contributed by atoms with E-state index in [0.29, 0.717) is 17.0 Å². The van der Waals surface area contributed by atoms with E-state index in [-0.39, 0.29) is 11.5 Å². The van der Waals surface area contributed by atoms with Crippen molar-refractivity contribution in [1.82, 2.24) is 4.57 Å². The number of aryl methyl sites for hydroxylation is 1. The molecule has 0 fully saturated rings. The van der Waals surface area contributed by atoms with E-state index >= 15 is 0 Å². The first-order chi connectivity index (χ1) is 9.11. The molecule has 0 atom stereocenters. The Hall–Kier alpha value is -2.56. The van der Waals surface area contributed by atoms with E-state index < -0.39 is 0 Å². The van der Waals surface area contributed by atoms with Crippen LogP contribution in [0.5, 0.6) is 5.75 Å². The first kappa shape index (κ1) is 12.9. The monoisotopic (exact) mass is 258 g/mol. The van der Waals surface area contributed by atoms with Gasteiger partial charge < -0.3 is 14.6 Å². The van der Waals surface area contributed by atoms with Crippen molar-refractivity contribution in [2.75, 3.05) is 12.4 Å².